The molecule has 0 saturated heterocycles. The van der Waals surface area contributed by atoms with Gasteiger partial charge in [0.2, 0.25) is 5.91 Å². The largest absolute Gasteiger partial charge is 0.335 e. The Morgan fingerprint density at radius 2 is 1.88 bits per heavy atom. The van der Waals surface area contributed by atoms with Crippen molar-refractivity contribution in [3.8, 4) is 0 Å². The number of fused-ring (bicyclic) bond motifs is 1. The van der Waals surface area contributed by atoms with Crippen LogP contribution in [0.1, 0.15) is 76.0 Å². The van der Waals surface area contributed by atoms with Crippen LogP contribution in [0.25, 0.3) is 10.9 Å². The van der Waals surface area contributed by atoms with Crippen LogP contribution in [0.3, 0.4) is 0 Å². The van der Waals surface area contributed by atoms with Gasteiger partial charge >= 0.3 is 6.03 Å². The molecule has 5 atom stereocenters. The van der Waals surface area contributed by atoms with Crippen LogP contribution < -0.4 is 16.2 Å². The first kappa shape index (κ1) is 23.5. The molecule has 2 aromatic heterocycles. The summed E-state index contributed by atoms with van der Waals surface area (Å²) in [6.45, 7) is 6.25. The van der Waals surface area contributed by atoms with Gasteiger partial charge in [-0.1, -0.05) is 26.7 Å². The van der Waals surface area contributed by atoms with Gasteiger partial charge in [-0.2, -0.15) is 0 Å². The van der Waals surface area contributed by atoms with Gasteiger partial charge in [-0.15, -0.1) is 0 Å². The molecule has 5 unspecified atom stereocenters. The third kappa shape index (κ3) is 5.12. The van der Waals surface area contributed by atoms with E-state index in [1.54, 1.807) is 4.57 Å². The summed E-state index contributed by atoms with van der Waals surface area (Å²) in [6, 6.07) is 3.42. The second-order valence-electron chi connectivity index (χ2n) is 10.4. The fraction of sp³-hybridized carbons (Fsp3) is 0.615. The van der Waals surface area contributed by atoms with Crippen LogP contribution in [0.15, 0.2) is 23.1 Å². The number of aryl methyl sites for hydroxylation is 2. The van der Waals surface area contributed by atoms with Gasteiger partial charge in [0, 0.05) is 41.8 Å². The number of rotatable bonds is 3. The lowest BCUT2D eigenvalue weighted by atomic mass is 9.74. The van der Waals surface area contributed by atoms with Gasteiger partial charge in [0.05, 0.1) is 5.52 Å². The normalized spacial score (nSPS) is 27.8. The molecular weight excluding hydrogens is 416 g/mol. The lowest BCUT2D eigenvalue weighted by Crippen LogP contribution is -2.48. The average molecular weight is 453 g/mol. The van der Waals surface area contributed by atoms with E-state index in [-0.39, 0.29) is 29.3 Å². The topological polar surface area (TPSA) is 93.1 Å². The van der Waals surface area contributed by atoms with Gasteiger partial charge in [0.25, 0.3) is 5.56 Å². The predicted octanol–water partition coefficient (Wildman–Crippen LogP) is 4.17. The molecule has 3 amide bonds. The maximum absolute atomic E-state index is 13.2. The predicted molar refractivity (Wildman–Crippen MR) is 129 cm³/mol. The van der Waals surface area contributed by atoms with E-state index in [2.05, 4.69) is 29.5 Å². The summed E-state index contributed by atoms with van der Waals surface area (Å²) in [6.07, 6.45) is 8.16. The van der Waals surface area contributed by atoms with Crippen molar-refractivity contribution in [2.75, 3.05) is 0 Å². The van der Waals surface area contributed by atoms with Gasteiger partial charge < -0.3 is 9.88 Å². The molecule has 0 aromatic carbocycles. The van der Waals surface area contributed by atoms with Crippen LogP contribution in [0.2, 0.25) is 0 Å². The van der Waals surface area contributed by atoms with Gasteiger partial charge in [-0.25, -0.2) is 4.79 Å². The van der Waals surface area contributed by atoms with Crippen molar-refractivity contribution in [2.45, 2.75) is 77.7 Å². The zero-order valence-electron chi connectivity index (χ0n) is 20.2. The number of pyridine rings is 2. The number of carbonyl (C=O) groups is 2. The van der Waals surface area contributed by atoms with Crippen LogP contribution in [0, 0.1) is 24.7 Å². The molecule has 0 radical (unpaired) electrons. The Balaban J connectivity index is 1.46. The molecule has 7 heteroatoms. The molecule has 2 aliphatic rings. The Morgan fingerprint density at radius 3 is 2.64 bits per heavy atom. The Hall–Kier alpha value is -2.70. The molecular formula is C26H36N4O3. The lowest BCUT2D eigenvalue weighted by molar-refractivity contribution is -0.125. The molecule has 2 N–H and O–H groups in total. The van der Waals surface area contributed by atoms with Crippen molar-refractivity contribution in [1.29, 1.82) is 0 Å². The molecule has 0 bridgehead atoms. The maximum Gasteiger partial charge on any atom is 0.321 e. The highest BCUT2D eigenvalue weighted by molar-refractivity contribution is 5.95. The minimum Gasteiger partial charge on any atom is -0.335 e. The first-order chi connectivity index (χ1) is 15.7. The zero-order valence-corrected chi connectivity index (χ0v) is 20.2. The molecule has 2 aromatic rings. The number of imide groups is 1. The van der Waals surface area contributed by atoms with Gasteiger partial charge in [0.15, 0.2) is 0 Å². The molecule has 33 heavy (non-hydrogen) atoms. The third-order valence-corrected chi connectivity index (χ3v) is 7.75. The highest BCUT2D eigenvalue weighted by atomic mass is 16.2. The molecule has 2 heterocycles. The van der Waals surface area contributed by atoms with Gasteiger partial charge in [-0.05, 0) is 68.9 Å². The number of amides is 3. The molecule has 4 rings (SSSR count). The summed E-state index contributed by atoms with van der Waals surface area (Å²) >= 11 is 0. The Labute approximate surface area is 195 Å². The van der Waals surface area contributed by atoms with E-state index >= 15 is 0 Å². The van der Waals surface area contributed by atoms with E-state index < -0.39 is 6.03 Å². The summed E-state index contributed by atoms with van der Waals surface area (Å²) in [5.41, 5.74) is 2.55. The number of hydrogen-bond acceptors (Lipinski definition) is 4. The Kier molecular flexibility index (Phi) is 6.86. The number of nitrogens with zero attached hydrogens (tertiary/aromatic N) is 2. The SMILES string of the molecule is Cc1cc2c(cn1)cc(C1CC(NC(=O)NC(=O)C3CCCC(C)C3)CCC1C)c(=O)n2C. The van der Waals surface area contributed by atoms with Crippen molar-refractivity contribution >= 4 is 22.8 Å². The summed E-state index contributed by atoms with van der Waals surface area (Å²) in [5, 5.41) is 6.53. The lowest BCUT2D eigenvalue weighted by Gasteiger charge is -2.35. The van der Waals surface area contributed by atoms with E-state index in [9.17, 15) is 14.4 Å². The van der Waals surface area contributed by atoms with Crippen molar-refractivity contribution in [1.82, 2.24) is 20.2 Å². The number of hydrogen-bond donors (Lipinski definition) is 2. The first-order valence-corrected chi connectivity index (χ1v) is 12.3. The van der Waals surface area contributed by atoms with Crippen molar-refractivity contribution in [2.24, 2.45) is 24.8 Å². The van der Waals surface area contributed by atoms with Crippen LogP contribution in [-0.4, -0.2) is 27.5 Å². The molecule has 178 valence electrons. The van der Waals surface area contributed by atoms with E-state index in [1.807, 2.05) is 32.3 Å². The second-order valence-corrected chi connectivity index (χ2v) is 10.4. The zero-order chi connectivity index (χ0) is 23.7. The standard InChI is InChI=1S/C26H36N4O3/c1-15-6-5-7-18(10-15)24(31)29-26(33)28-20-9-8-16(2)21(13-20)22-12-19-14-27-17(3)11-23(19)30(4)25(22)32/h11-12,14-16,18,20-21H,5-10,13H2,1-4H3,(H2,28,29,31,33). The number of nitrogens with one attached hydrogen (secondary N) is 2. The van der Waals surface area contributed by atoms with Crippen LogP contribution >= 0.6 is 0 Å². The van der Waals surface area contributed by atoms with Crippen molar-refractivity contribution in [3.63, 3.8) is 0 Å². The highest BCUT2D eigenvalue weighted by Crippen LogP contribution is 2.37. The number of carbonyl (C=O) groups excluding carboxylic acids is 2. The van der Waals surface area contributed by atoms with Gasteiger partial charge in [-0.3, -0.25) is 19.9 Å². The number of aromatic nitrogens is 2. The quantitative estimate of drug-likeness (QED) is 0.731. The van der Waals surface area contributed by atoms with Crippen LogP contribution in [0.5, 0.6) is 0 Å². The molecule has 0 spiro atoms. The van der Waals surface area contributed by atoms with Crippen molar-refractivity contribution < 1.29 is 9.59 Å². The van der Waals surface area contributed by atoms with Crippen molar-refractivity contribution in [3.05, 3.63) is 39.9 Å². The fourth-order valence-electron chi connectivity index (χ4n) is 5.75. The van der Waals surface area contributed by atoms with Crippen LogP contribution in [0.4, 0.5) is 4.79 Å². The number of urea groups is 1. The van der Waals surface area contributed by atoms with E-state index in [0.29, 0.717) is 18.3 Å². The molecule has 2 saturated carbocycles. The van der Waals surface area contributed by atoms with E-state index in [0.717, 1.165) is 60.7 Å². The smallest absolute Gasteiger partial charge is 0.321 e. The molecule has 7 nitrogen and oxygen atoms in total. The minimum atomic E-state index is -0.414. The summed E-state index contributed by atoms with van der Waals surface area (Å²) in [7, 11) is 1.81. The summed E-state index contributed by atoms with van der Waals surface area (Å²) in [4.78, 5) is 42.7. The molecule has 0 aliphatic heterocycles. The van der Waals surface area contributed by atoms with Gasteiger partial charge in [0.1, 0.15) is 0 Å². The third-order valence-electron chi connectivity index (χ3n) is 7.75. The maximum atomic E-state index is 13.2. The average Bonchev–Trinajstić information content (AvgIpc) is 2.78. The monoisotopic (exact) mass is 452 g/mol. The summed E-state index contributed by atoms with van der Waals surface area (Å²) < 4.78 is 1.71. The Bertz CT molecular complexity index is 1110. The fourth-order valence-corrected chi connectivity index (χ4v) is 5.75. The minimum absolute atomic E-state index is 0.0108. The highest BCUT2D eigenvalue weighted by Gasteiger charge is 2.33. The van der Waals surface area contributed by atoms with Crippen LogP contribution in [-0.2, 0) is 11.8 Å². The second kappa shape index (κ2) is 9.65. The first-order valence-electron chi connectivity index (χ1n) is 12.3. The summed E-state index contributed by atoms with van der Waals surface area (Å²) in [5.74, 6) is 0.674. The molecule has 2 aliphatic carbocycles. The van der Waals surface area contributed by atoms with E-state index in [4.69, 9.17) is 0 Å². The molecule has 2 fully saturated rings. The Morgan fingerprint density at radius 1 is 1.09 bits per heavy atom. The van der Waals surface area contributed by atoms with E-state index in [1.165, 1.54) is 0 Å².